The van der Waals surface area contributed by atoms with Crippen molar-refractivity contribution < 1.29 is 13.6 Å². The zero-order chi connectivity index (χ0) is 22.5. The molecule has 32 heavy (non-hydrogen) atoms. The number of fused-ring (bicyclic) bond motifs is 1. The van der Waals surface area contributed by atoms with E-state index in [1.165, 1.54) is 16.5 Å². The normalized spacial score (nSPS) is 11.1. The topological polar surface area (TPSA) is 46.1 Å². The van der Waals surface area contributed by atoms with Crippen molar-refractivity contribution in [2.75, 3.05) is 10.7 Å². The first kappa shape index (κ1) is 22.4. The molecule has 0 unspecified atom stereocenters. The average molecular weight is 470 g/mol. The van der Waals surface area contributed by atoms with E-state index in [-0.39, 0.29) is 18.0 Å². The minimum absolute atomic E-state index is 0.0696. The third-order valence-electron chi connectivity index (χ3n) is 4.80. The van der Waals surface area contributed by atoms with Crippen molar-refractivity contribution in [3.05, 3.63) is 83.7 Å². The maximum atomic E-state index is 14.2. The predicted molar refractivity (Wildman–Crippen MR) is 126 cm³/mol. The number of halogens is 2. The number of hydrogen-bond donors (Lipinski definition) is 0. The first-order valence-corrected chi connectivity index (χ1v) is 11.9. The number of pyridine rings is 1. The van der Waals surface area contributed by atoms with Gasteiger partial charge in [-0.1, -0.05) is 35.1 Å². The lowest BCUT2D eigenvalue weighted by Crippen LogP contribution is -2.30. The number of carbonyl (C=O) groups excluding carboxylic acids is 1. The molecule has 1 amide bonds. The molecule has 0 aliphatic carbocycles. The highest BCUT2D eigenvalue weighted by Gasteiger charge is 2.22. The lowest BCUT2D eigenvalue weighted by molar-refractivity contribution is -0.118. The summed E-state index contributed by atoms with van der Waals surface area (Å²) in [4.78, 5) is 24.4. The monoisotopic (exact) mass is 469 g/mol. The van der Waals surface area contributed by atoms with Gasteiger partial charge in [0.15, 0.2) is 10.9 Å². The van der Waals surface area contributed by atoms with Crippen molar-refractivity contribution in [1.29, 1.82) is 0 Å². The molecule has 8 heteroatoms. The number of amides is 1. The lowest BCUT2D eigenvalue weighted by Gasteiger charge is -2.19. The van der Waals surface area contributed by atoms with Crippen LogP contribution in [0.1, 0.15) is 24.1 Å². The Morgan fingerprint density at radius 2 is 1.94 bits per heavy atom. The van der Waals surface area contributed by atoms with Gasteiger partial charge in [-0.3, -0.25) is 14.7 Å². The highest BCUT2D eigenvalue weighted by atomic mass is 32.2. The first-order valence-electron chi connectivity index (χ1n) is 10.1. The van der Waals surface area contributed by atoms with Gasteiger partial charge >= 0.3 is 0 Å². The van der Waals surface area contributed by atoms with E-state index in [1.807, 2.05) is 19.1 Å². The Labute approximate surface area is 193 Å². The third-order valence-corrected chi connectivity index (χ3v) is 6.93. The Bertz CT molecular complexity index is 1210. The summed E-state index contributed by atoms with van der Waals surface area (Å²) in [5.74, 6) is -0.727. The number of hydrogen-bond acceptors (Lipinski definition) is 5. The molecule has 2 heterocycles. The number of aryl methyl sites for hydroxylation is 1. The molecule has 4 aromatic rings. The van der Waals surface area contributed by atoms with Crippen LogP contribution in [-0.4, -0.2) is 21.6 Å². The fourth-order valence-corrected chi connectivity index (χ4v) is 5.03. The predicted octanol–water partition coefficient (Wildman–Crippen LogP) is 6.38. The van der Waals surface area contributed by atoms with Gasteiger partial charge in [-0.15, -0.1) is 11.8 Å². The molecular weight excluding hydrogens is 448 g/mol. The van der Waals surface area contributed by atoms with E-state index in [4.69, 9.17) is 0 Å². The Balaban J connectivity index is 1.49. The van der Waals surface area contributed by atoms with Gasteiger partial charge in [-0.2, -0.15) is 0 Å². The molecule has 0 spiro atoms. The summed E-state index contributed by atoms with van der Waals surface area (Å²) in [5, 5.41) is 0.339. The summed E-state index contributed by atoms with van der Waals surface area (Å²) in [5.41, 5.74) is 1.97. The van der Waals surface area contributed by atoms with Crippen LogP contribution in [-0.2, 0) is 11.3 Å². The van der Waals surface area contributed by atoms with Crippen molar-refractivity contribution in [1.82, 2.24) is 9.97 Å². The minimum atomic E-state index is -0.734. The Hall–Kier alpha value is -2.84. The van der Waals surface area contributed by atoms with Gasteiger partial charge in [0.2, 0.25) is 5.91 Å². The van der Waals surface area contributed by atoms with Crippen LogP contribution in [0.25, 0.3) is 10.2 Å². The summed E-state index contributed by atoms with van der Waals surface area (Å²) in [6, 6.07) is 15.8. The fraction of sp³-hybridized carbons (Fsp3) is 0.208. The van der Waals surface area contributed by atoms with Gasteiger partial charge in [-0.05, 0) is 49.4 Å². The molecule has 0 fully saturated rings. The van der Waals surface area contributed by atoms with E-state index < -0.39 is 11.6 Å². The molecule has 0 N–H and O–H groups in total. The van der Waals surface area contributed by atoms with Gasteiger partial charge in [-0.25, -0.2) is 13.8 Å². The smallest absolute Gasteiger partial charge is 0.229 e. The summed E-state index contributed by atoms with van der Waals surface area (Å²) in [6.45, 7) is 2.26. The van der Waals surface area contributed by atoms with Gasteiger partial charge in [0.05, 0.1) is 16.9 Å². The van der Waals surface area contributed by atoms with Crippen molar-refractivity contribution in [3.8, 4) is 0 Å². The number of anilines is 1. The van der Waals surface area contributed by atoms with Crippen LogP contribution < -0.4 is 4.90 Å². The molecule has 2 aromatic carbocycles. The molecule has 164 valence electrons. The number of carbonyl (C=O) groups is 1. The number of benzene rings is 2. The highest BCUT2D eigenvalue weighted by molar-refractivity contribution is 7.99. The SMILES string of the molecule is Cc1ccc(SCCCC(=O)N(Cc2ccccn2)c2nc3c(F)cc(F)cc3s2)cc1. The number of rotatable bonds is 8. The molecule has 0 saturated carbocycles. The van der Waals surface area contributed by atoms with Crippen molar-refractivity contribution in [3.63, 3.8) is 0 Å². The van der Waals surface area contributed by atoms with Gasteiger partial charge in [0.1, 0.15) is 11.3 Å². The van der Waals surface area contributed by atoms with Crippen LogP contribution in [0.5, 0.6) is 0 Å². The second kappa shape index (κ2) is 10.2. The fourth-order valence-electron chi connectivity index (χ4n) is 3.16. The molecule has 4 rings (SSSR count). The van der Waals surface area contributed by atoms with E-state index >= 15 is 0 Å². The van der Waals surface area contributed by atoms with Crippen molar-refractivity contribution >= 4 is 44.4 Å². The average Bonchev–Trinajstić information content (AvgIpc) is 3.21. The van der Waals surface area contributed by atoms with Crippen LogP contribution >= 0.6 is 23.1 Å². The first-order chi connectivity index (χ1) is 15.5. The second-order valence-corrected chi connectivity index (χ2v) is 9.47. The molecule has 0 saturated heterocycles. The van der Waals surface area contributed by atoms with E-state index in [1.54, 1.807) is 24.0 Å². The number of nitrogens with zero attached hydrogens (tertiary/aromatic N) is 3. The summed E-state index contributed by atoms with van der Waals surface area (Å²) >= 11 is 2.80. The lowest BCUT2D eigenvalue weighted by atomic mass is 10.2. The number of thioether (sulfide) groups is 1. The largest absolute Gasteiger partial charge is 0.282 e. The number of thiazole rings is 1. The molecule has 2 aromatic heterocycles. The van der Waals surface area contributed by atoms with Crippen LogP contribution in [0, 0.1) is 18.6 Å². The molecule has 0 radical (unpaired) electrons. The van der Waals surface area contributed by atoms with Crippen LogP contribution in [0.3, 0.4) is 0 Å². The molecule has 4 nitrogen and oxygen atoms in total. The highest BCUT2D eigenvalue weighted by Crippen LogP contribution is 2.32. The minimum Gasteiger partial charge on any atom is -0.282 e. The van der Waals surface area contributed by atoms with Crippen LogP contribution in [0.15, 0.2) is 65.7 Å². The van der Waals surface area contributed by atoms with Crippen LogP contribution in [0.4, 0.5) is 13.9 Å². The Morgan fingerprint density at radius 1 is 1.12 bits per heavy atom. The zero-order valence-electron chi connectivity index (χ0n) is 17.4. The van der Waals surface area contributed by atoms with Crippen LogP contribution in [0.2, 0.25) is 0 Å². The second-order valence-electron chi connectivity index (χ2n) is 7.30. The molecule has 0 aliphatic heterocycles. The van der Waals surface area contributed by atoms with E-state index in [0.717, 1.165) is 28.1 Å². The molecular formula is C24H21F2N3OS2. The summed E-state index contributed by atoms with van der Waals surface area (Å²) in [7, 11) is 0. The summed E-state index contributed by atoms with van der Waals surface area (Å²) < 4.78 is 28.2. The van der Waals surface area contributed by atoms with E-state index in [2.05, 4.69) is 34.2 Å². The summed E-state index contributed by atoms with van der Waals surface area (Å²) in [6.07, 6.45) is 2.66. The van der Waals surface area contributed by atoms with Gasteiger partial charge in [0.25, 0.3) is 0 Å². The van der Waals surface area contributed by atoms with E-state index in [0.29, 0.717) is 28.4 Å². The van der Waals surface area contributed by atoms with Crippen molar-refractivity contribution in [2.45, 2.75) is 31.2 Å². The Kier molecular flexibility index (Phi) is 7.12. The maximum absolute atomic E-state index is 14.2. The van der Waals surface area contributed by atoms with Gasteiger partial charge < -0.3 is 0 Å². The molecule has 0 aliphatic rings. The molecule has 0 bridgehead atoms. The van der Waals surface area contributed by atoms with Gasteiger partial charge in [0, 0.05) is 23.6 Å². The molecule has 0 atom stereocenters. The van der Waals surface area contributed by atoms with E-state index in [9.17, 15) is 13.6 Å². The number of aromatic nitrogens is 2. The zero-order valence-corrected chi connectivity index (χ0v) is 19.1. The third kappa shape index (κ3) is 5.49. The Morgan fingerprint density at radius 3 is 2.69 bits per heavy atom. The standard InChI is InChI=1S/C24H21F2N3OS2/c1-16-7-9-19(10-8-16)31-12-4-6-22(30)29(15-18-5-2-3-11-27-18)24-28-23-20(26)13-17(25)14-21(23)32-24/h2-3,5,7-11,13-14H,4,6,12,15H2,1H3. The maximum Gasteiger partial charge on any atom is 0.229 e. The quantitative estimate of drug-likeness (QED) is 0.222. The van der Waals surface area contributed by atoms with Crippen molar-refractivity contribution in [2.24, 2.45) is 0 Å².